The number of nitrogens with one attached hydrogen (secondary N) is 2. The van der Waals surface area contributed by atoms with Gasteiger partial charge in [-0.1, -0.05) is 41.9 Å². The molecule has 3 heterocycles. The van der Waals surface area contributed by atoms with Crippen LogP contribution >= 0.6 is 24.0 Å². The van der Waals surface area contributed by atoms with Gasteiger partial charge in [-0.05, 0) is 53.4 Å². The van der Waals surface area contributed by atoms with Gasteiger partial charge in [-0.2, -0.15) is 5.10 Å². The number of pyridine rings is 2. The summed E-state index contributed by atoms with van der Waals surface area (Å²) in [6.45, 7) is 0.820. The molecule has 0 bridgehead atoms. The van der Waals surface area contributed by atoms with Gasteiger partial charge in [0.2, 0.25) is 0 Å². The molecule has 5 rings (SSSR count). The van der Waals surface area contributed by atoms with Crippen LogP contribution in [0, 0.1) is 0 Å². The number of carbonyl (C=O) groups is 1. The molecule has 0 spiro atoms. The fourth-order valence-electron chi connectivity index (χ4n) is 3.94. The molecular weight excluding hydrogens is 497 g/mol. The zero-order valence-corrected chi connectivity index (χ0v) is 20.7. The SMILES string of the molecule is Cl.O=C(NCc1[nH]nc2ccc(Cl)cc12)c1cncc(Cc2ccc(Cn3ccccc3=O)cc2)c1. The Hall–Kier alpha value is -3.94. The molecule has 0 unspecified atom stereocenters. The molecule has 36 heavy (non-hydrogen) atoms. The number of amides is 1. The average molecular weight is 520 g/mol. The van der Waals surface area contributed by atoms with E-state index in [9.17, 15) is 9.59 Å². The van der Waals surface area contributed by atoms with E-state index in [2.05, 4.69) is 20.5 Å². The van der Waals surface area contributed by atoms with Crippen LogP contribution in [-0.4, -0.2) is 25.7 Å². The van der Waals surface area contributed by atoms with Gasteiger partial charge in [-0.15, -0.1) is 12.4 Å². The summed E-state index contributed by atoms with van der Waals surface area (Å²) in [5, 5.41) is 11.6. The zero-order valence-electron chi connectivity index (χ0n) is 19.1. The predicted molar refractivity (Wildman–Crippen MR) is 143 cm³/mol. The minimum atomic E-state index is -0.215. The summed E-state index contributed by atoms with van der Waals surface area (Å²) in [6.07, 6.45) is 5.74. The Kier molecular flexibility index (Phi) is 7.83. The van der Waals surface area contributed by atoms with Crippen molar-refractivity contribution in [1.29, 1.82) is 0 Å². The van der Waals surface area contributed by atoms with Gasteiger partial charge in [-0.3, -0.25) is 19.7 Å². The van der Waals surface area contributed by atoms with E-state index in [-0.39, 0.29) is 23.9 Å². The van der Waals surface area contributed by atoms with Crippen LogP contribution in [0.5, 0.6) is 0 Å². The van der Waals surface area contributed by atoms with Crippen molar-refractivity contribution in [2.24, 2.45) is 0 Å². The molecular formula is C27H23Cl2N5O2. The second-order valence-electron chi connectivity index (χ2n) is 8.29. The lowest BCUT2D eigenvalue weighted by atomic mass is 10.0. The van der Waals surface area contributed by atoms with Crippen LogP contribution in [0.3, 0.4) is 0 Å². The number of rotatable bonds is 7. The summed E-state index contributed by atoms with van der Waals surface area (Å²) in [7, 11) is 0. The molecule has 3 aromatic heterocycles. The zero-order chi connectivity index (χ0) is 24.2. The van der Waals surface area contributed by atoms with Crippen LogP contribution in [-0.2, 0) is 19.5 Å². The number of fused-ring (bicyclic) bond motifs is 1. The molecule has 0 aliphatic rings. The predicted octanol–water partition coefficient (Wildman–Crippen LogP) is 4.76. The van der Waals surface area contributed by atoms with Gasteiger partial charge in [0.1, 0.15) is 0 Å². The fraction of sp³-hybridized carbons (Fsp3) is 0.111. The molecule has 2 N–H and O–H groups in total. The van der Waals surface area contributed by atoms with Crippen LogP contribution in [0.4, 0.5) is 0 Å². The highest BCUT2D eigenvalue weighted by atomic mass is 35.5. The van der Waals surface area contributed by atoms with Crippen molar-refractivity contribution in [2.75, 3.05) is 0 Å². The smallest absolute Gasteiger partial charge is 0.253 e. The number of hydrogen-bond acceptors (Lipinski definition) is 4. The minimum absolute atomic E-state index is 0. The summed E-state index contributed by atoms with van der Waals surface area (Å²) in [5.41, 5.74) is 5.12. The molecule has 0 atom stereocenters. The summed E-state index contributed by atoms with van der Waals surface area (Å²) in [4.78, 5) is 28.9. The highest BCUT2D eigenvalue weighted by molar-refractivity contribution is 6.31. The number of nitrogens with zero attached hydrogens (tertiary/aromatic N) is 3. The lowest BCUT2D eigenvalue weighted by molar-refractivity contribution is 0.0950. The maximum absolute atomic E-state index is 12.8. The lowest BCUT2D eigenvalue weighted by Crippen LogP contribution is -2.23. The van der Waals surface area contributed by atoms with E-state index in [1.165, 1.54) is 0 Å². The van der Waals surface area contributed by atoms with Crippen molar-refractivity contribution in [1.82, 2.24) is 25.1 Å². The average Bonchev–Trinajstić information content (AvgIpc) is 3.27. The molecule has 0 aliphatic heterocycles. The highest BCUT2D eigenvalue weighted by Gasteiger charge is 2.11. The molecule has 0 aliphatic carbocycles. The normalized spacial score (nSPS) is 10.7. The Morgan fingerprint density at radius 2 is 1.78 bits per heavy atom. The van der Waals surface area contributed by atoms with Crippen molar-refractivity contribution in [3.8, 4) is 0 Å². The summed E-state index contributed by atoms with van der Waals surface area (Å²) >= 11 is 6.09. The number of aromatic amines is 1. The third-order valence-electron chi connectivity index (χ3n) is 5.76. The van der Waals surface area contributed by atoms with E-state index in [4.69, 9.17) is 11.6 Å². The number of H-pyrrole nitrogens is 1. The van der Waals surface area contributed by atoms with Crippen molar-refractivity contribution >= 4 is 40.8 Å². The first-order valence-corrected chi connectivity index (χ1v) is 11.5. The third kappa shape index (κ3) is 5.82. The van der Waals surface area contributed by atoms with E-state index >= 15 is 0 Å². The molecule has 0 saturated heterocycles. The van der Waals surface area contributed by atoms with Gasteiger partial charge in [0.25, 0.3) is 11.5 Å². The van der Waals surface area contributed by atoms with Gasteiger partial charge < -0.3 is 9.88 Å². The van der Waals surface area contributed by atoms with E-state index in [0.717, 1.165) is 33.3 Å². The molecule has 0 saturated carbocycles. The Bertz CT molecular complexity index is 1560. The minimum Gasteiger partial charge on any atom is -0.346 e. The molecule has 2 aromatic carbocycles. The first-order valence-electron chi connectivity index (χ1n) is 11.1. The van der Waals surface area contributed by atoms with E-state index < -0.39 is 0 Å². The standard InChI is InChI=1S/C27H22ClN5O2.ClH/c28-22-8-9-24-23(13-22)25(32-31-24)16-30-27(35)21-12-20(14-29-15-21)11-18-4-6-19(7-5-18)17-33-10-2-1-3-26(33)34;/h1-10,12-15H,11,16-17H2,(H,30,35)(H,31,32);1H. The first kappa shape index (κ1) is 25.2. The Morgan fingerprint density at radius 3 is 2.58 bits per heavy atom. The largest absolute Gasteiger partial charge is 0.346 e. The van der Waals surface area contributed by atoms with Crippen LogP contribution in [0.2, 0.25) is 5.02 Å². The molecule has 5 aromatic rings. The van der Waals surface area contributed by atoms with Crippen LogP contribution in [0.1, 0.15) is 32.7 Å². The Labute approximate surface area is 218 Å². The quantitative estimate of drug-likeness (QED) is 0.324. The van der Waals surface area contributed by atoms with E-state index in [1.54, 1.807) is 41.4 Å². The third-order valence-corrected chi connectivity index (χ3v) is 6.00. The van der Waals surface area contributed by atoms with Crippen molar-refractivity contribution in [3.05, 3.63) is 129 Å². The van der Waals surface area contributed by atoms with E-state index in [0.29, 0.717) is 30.1 Å². The van der Waals surface area contributed by atoms with Gasteiger partial charge in [0, 0.05) is 35.1 Å². The molecule has 9 heteroatoms. The molecule has 7 nitrogen and oxygen atoms in total. The second kappa shape index (κ2) is 11.2. The van der Waals surface area contributed by atoms with Crippen molar-refractivity contribution < 1.29 is 4.79 Å². The lowest BCUT2D eigenvalue weighted by Gasteiger charge is -2.08. The molecule has 0 fully saturated rings. The first-order chi connectivity index (χ1) is 17.0. The van der Waals surface area contributed by atoms with Gasteiger partial charge in [0.15, 0.2) is 0 Å². The van der Waals surface area contributed by atoms with Crippen LogP contribution < -0.4 is 10.9 Å². The van der Waals surface area contributed by atoms with Gasteiger partial charge in [0.05, 0.1) is 29.9 Å². The topological polar surface area (TPSA) is 92.7 Å². The summed E-state index contributed by atoms with van der Waals surface area (Å²) < 4.78 is 1.67. The molecule has 1 amide bonds. The maximum Gasteiger partial charge on any atom is 0.253 e. The van der Waals surface area contributed by atoms with E-state index in [1.807, 2.05) is 48.5 Å². The van der Waals surface area contributed by atoms with Crippen LogP contribution in [0.25, 0.3) is 10.9 Å². The van der Waals surface area contributed by atoms with Crippen LogP contribution in [0.15, 0.2) is 90.1 Å². The van der Waals surface area contributed by atoms with Crippen molar-refractivity contribution in [3.63, 3.8) is 0 Å². The monoisotopic (exact) mass is 519 g/mol. The number of hydrogen-bond donors (Lipinski definition) is 2. The highest BCUT2D eigenvalue weighted by Crippen LogP contribution is 2.20. The Morgan fingerprint density at radius 1 is 0.972 bits per heavy atom. The second-order valence-corrected chi connectivity index (χ2v) is 8.72. The molecule has 0 radical (unpaired) electrons. The Balaban J connectivity index is 0.00000304. The summed E-state index contributed by atoms with van der Waals surface area (Å²) in [6, 6.07) is 20.5. The summed E-state index contributed by atoms with van der Waals surface area (Å²) in [5.74, 6) is -0.215. The van der Waals surface area contributed by atoms with Gasteiger partial charge in [-0.25, -0.2) is 0 Å². The maximum atomic E-state index is 12.8. The van der Waals surface area contributed by atoms with Gasteiger partial charge >= 0.3 is 0 Å². The number of halogens is 2. The number of aromatic nitrogens is 4. The number of carbonyl (C=O) groups excluding carboxylic acids is 1. The molecule has 182 valence electrons. The van der Waals surface area contributed by atoms with Crippen molar-refractivity contribution in [2.45, 2.75) is 19.5 Å². The number of benzene rings is 2. The fourth-order valence-corrected chi connectivity index (χ4v) is 4.11.